The average molecular weight is 238 g/mol. The van der Waals surface area contributed by atoms with Crippen LogP contribution in [0.15, 0.2) is 42.6 Å². The number of aldehydes is 1. The number of aromatic nitrogens is 2. The summed E-state index contributed by atoms with van der Waals surface area (Å²) < 4.78 is 1.98. The van der Waals surface area contributed by atoms with Crippen LogP contribution in [0.25, 0.3) is 11.3 Å². The van der Waals surface area contributed by atoms with E-state index >= 15 is 0 Å². The van der Waals surface area contributed by atoms with Crippen LogP contribution in [-0.4, -0.2) is 16.1 Å². The summed E-state index contributed by atoms with van der Waals surface area (Å²) in [5.41, 5.74) is 4.51. The van der Waals surface area contributed by atoms with Gasteiger partial charge >= 0.3 is 0 Å². The Morgan fingerprint density at radius 3 is 2.78 bits per heavy atom. The minimum Gasteiger partial charge on any atom is -0.299 e. The lowest BCUT2D eigenvalue weighted by Gasteiger charge is -2.16. The molecule has 0 unspecified atom stereocenters. The minimum absolute atomic E-state index is 0.865. The van der Waals surface area contributed by atoms with Crippen molar-refractivity contribution in [3.05, 3.63) is 53.9 Å². The Balaban J connectivity index is 2.11. The molecule has 1 heterocycles. The van der Waals surface area contributed by atoms with Gasteiger partial charge in [0.15, 0.2) is 0 Å². The molecule has 0 saturated heterocycles. The molecule has 1 aromatic heterocycles. The second-order valence-electron chi connectivity index (χ2n) is 4.43. The SMILES string of the molecule is O=C/C=C1/CCCc2c1cnn2-c1ccccc1. The van der Waals surface area contributed by atoms with E-state index in [1.807, 2.05) is 41.2 Å². The zero-order valence-corrected chi connectivity index (χ0v) is 10.0. The summed E-state index contributed by atoms with van der Waals surface area (Å²) >= 11 is 0. The average Bonchev–Trinajstić information content (AvgIpc) is 2.85. The summed E-state index contributed by atoms with van der Waals surface area (Å²) in [6.07, 6.45) is 7.45. The van der Waals surface area contributed by atoms with Crippen LogP contribution < -0.4 is 0 Å². The third-order valence-corrected chi connectivity index (χ3v) is 3.34. The largest absolute Gasteiger partial charge is 0.299 e. The predicted octanol–water partition coefficient (Wildman–Crippen LogP) is 2.79. The number of allylic oxidation sites excluding steroid dienone is 2. The van der Waals surface area contributed by atoms with Gasteiger partial charge in [-0.2, -0.15) is 5.10 Å². The van der Waals surface area contributed by atoms with Gasteiger partial charge in [0, 0.05) is 5.56 Å². The van der Waals surface area contributed by atoms with Gasteiger partial charge in [0.05, 0.1) is 17.6 Å². The number of hydrogen-bond donors (Lipinski definition) is 0. The quantitative estimate of drug-likeness (QED) is 0.595. The normalized spacial score (nSPS) is 16.6. The molecule has 2 aromatic rings. The minimum atomic E-state index is 0.865. The highest BCUT2D eigenvalue weighted by Crippen LogP contribution is 2.31. The molecule has 0 fully saturated rings. The van der Waals surface area contributed by atoms with Crippen LogP contribution in [0.2, 0.25) is 0 Å². The second kappa shape index (κ2) is 4.61. The molecular weight excluding hydrogens is 224 g/mol. The molecule has 1 aliphatic carbocycles. The number of hydrogen-bond acceptors (Lipinski definition) is 2. The lowest BCUT2D eigenvalue weighted by atomic mass is 9.92. The third-order valence-electron chi connectivity index (χ3n) is 3.34. The fourth-order valence-electron chi connectivity index (χ4n) is 2.51. The van der Waals surface area contributed by atoms with Crippen LogP contribution in [0, 0.1) is 0 Å². The topological polar surface area (TPSA) is 34.9 Å². The van der Waals surface area contributed by atoms with Crippen molar-refractivity contribution in [3.63, 3.8) is 0 Å². The van der Waals surface area contributed by atoms with Crippen LogP contribution in [0.5, 0.6) is 0 Å². The molecule has 0 amide bonds. The summed E-state index contributed by atoms with van der Waals surface area (Å²) in [6, 6.07) is 10.1. The highest BCUT2D eigenvalue weighted by molar-refractivity contribution is 5.82. The number of para-hydroxylation sites is 1. The second-order valence-corrected chi connectivity index (χ2v) is 4.43. The third kappa shape index (κ3) is 1.78. The van der Waals surface area contributed by atoms with Crippen LogP contribution >= 0.6 is 0 Å². The molecule has 0 aliphatic heterocycles. The lowest BCUT2D eigenvalue weighted by Crippen LogP contribution is -2.07. The molecule has 1 aliphatic rings. The molecule has 1 aromatic carbocycles. The molecule has 0 radical (unpaired) electrons. The Morgan fingerprint density at radius 1 is 1.17 bits per heavy atom. The maximum absolute atomic E-state index is 10.7. The molecule has 0 spiro atoms. The van der Waals surface area contributed by atoms with Crippen molar-refractivity contribution in [2.75, 3.05) is 0 Å². The van der Waals surface area contributed by atoms with Gasteiger partial charge in [0.2, 0.25) is 0 Å². The van der Waals surface area contributed by atoms with E-state index in [2.05, 4.69) is 5.10 Å². The van der Waals surface area contributed by atoms with E-state index in [9.17, 15) is 4.79 Å². The Hall–Kier alpha value is -2.16. The van der Waals surface area contributed by atoms with E-state index in [0.29, 0.717) is 0 Å². The van der Waals surface area contributed by atoms with Gasteiger partial charge in [-0.15, -0.1) is 0 Å². The fourth-order valence-corrected chi connectivity index (χ4v) is 2.51. The summed E-state index contributed by atoms with van der Waals surface area (Å²) in [5, 5.41) is 4.46. The van der Waals surface area contributed by atoms with Crippen LogP contribution in [0.4, 0.5) is 0 Å². The van der Waals surface area contributed by atoms with Crippen molar-refractivity contribution < 1.29 is 4.79 Å². The van der Waals surface area contributed by atoms with E-state index < -0.39 is 0 Å². The zero-order chi connectivity index (χ0) is 12.4. The number of fused-ring (bicyclic) bond motifs is 1. The zero-order valence-electron chi connectivity index (χ0n) is 10.0. The highest BCUT2D eigenvalue weighted by Gasteiger charge is 2.19. The lowest BCUT2D eigenvalue weighted by molar-refractivity contribution is -0.104. The van der Waals surface area contributed by atoms with Gasteiger partial charge in [-0.05, 0) is 43.0 Å². The number of carbonyl (C=O) groups is 1. The van der Waals surface area contributed by atoms with E-state index in [-0.39, 0.29) is 0 Å². The first-order chi connectivity index (χ1) is 8.90. The molecule has 0 atom stereocenters. The van der Waals surface area contributed by atoms with Crippen molar-refractivity contribution in [1.82, 2.24) is 9.78 Å². The number of rotatable bonds is 2. The van der Waals surface area contributed by atoms with Gasteiger partial charge in [-0.3, -0.25) is 4.79 Å². The Morgan fingerprint density at radius 2 is 2.00 bits per heavy atom. The fraction of sp³-hybridized carbons (Fsp3) is 0.200. The Labute approximate surface area is 106 Å². The summed E-state index contributed by atoms with van der Waals surface area (Å²) in [6.45, 7) is 0. The first kappa shape index (κ1) is 11.0. The molecule has 3 nitrogen and oxygen atoms in total. The Bertz CT molecular complexity index is 596. The van der Waals surface area contributed by atoms with Crippen molar-refractivity contribution in [2.24, 2.45) is 0 Å². The van der Waals surface area contributed by atoms with Crippen LogP contribution in [-0.2, 0) is 11.2 Å². The maximum atomic E-state index is 10.7. The summed E-state index contributed by atoms with van der Waals surface area (Å²) in [7, 11) is 0. The first-order valence-corrected chi connectivity index (χ1v) is 6.17. The van der Waals surface area contributed by atoms with Crippen LogP contribution in [0.1, 0.15) is 24.1 Å². The predicted molar refractivity (Wildman–Crippen MR) is 70.5 cm³/mol. The Kier molecular flexibility index (Phi) is 2.81. The number of carbonyl (C=O) groups excluding carboxylic acids is 1. The monoisotopic (exact) mass is 238 g/mol. The molecule has 3 heteroatoms. The van der Waals surface area contributed by atoms with Gasteiger partial charge in [0.25, 0.3) is 0 Å². The van der Waals surface area contributed by atoms with E-state index in [1.165, 1.54) is 5.69 Å². The summed E-state index contributed by atoms with van der Waals surface area (Å²) in [4.78, 5) is 10.7. The van der Waals surface area contributed by atoms with Gasteiger partial charge in [-0.1, -0.05) is 18.2 Å². The molecule has 90 valence electrons. The van der Waals surface area contributed by atoms with Crippen molar-refractivity contribution in [2.45, 2.75) is 19.3 Å². The molecule has 18 heavy (non-hydrogen) atoms. The standard InChI is InChI=1S/C15H14N2O/c18-10-9-12-5-4-8-15-14(12)11-16-17(15)13-6-2-1-3-7-13/h1-3,6-7,9-11H,4-5,8H2/b12-9-. The molecular formula is C15H14N2O. The van der Waals surface area contributed by atoms with Crippen molar-refractivity contribution >= 4 is 11.9 Å². The summed E-state index contributed by atoms with van der Waals surface area (Å²) in [5.74, 6) is 0. The molecule has 0 bridgehead atoms. The van der Waals surface area contributed by atoms with E-state index in [4.69, 9.17) is 0 Å². The van der Waals surface area contributed by atoms with Crippen LogP contribution in [0.3, 0.4) is 0 Å². The number of nitrogens with zero attached hydrogens (tertiary/aromatic N) is 2. The smallest absolute Gasteiger partial charge is 0.143 e. The highest BCUT2D eigenvalue weighted by atomic mass is 16.1. The van der Waals surface area contributed by atoms with E-state index in [1.54, 1.807) is 6.08 Å². The number of benzene rings is 1. The van der Waals surface area contributed by atoms with Crippen molar-refractivity contribution in [3.8, 4) is 5.69 Å². The molecule has 0 N–H and O–H groups in total. The van der Waals surface area contributed by atoms with Crippen molar-refractivity contribution in [1.29, 1.82) is 0 Å². The van der Waals surface area contributed by atoms with Gasteiger partial charge in [-0.25, -0.2) is 4.68 Å². The van der Waals surface area contributed by atoms with E-state index in [0.717, 1.165) is 42.4 Å². The van der Waals surface area contributed by atoms with Gasteiger partial charge in [0.1, 0.15) is 6.29 Å². The molecule has 3 rings (SSSR count). The first-order valence-electron chi connectivity index (χ1n) is 6.17. The molecule has 0 saturated carbocycles. The van der Waals surface area contributed by atoms with Gasteiger partial charge < -0.3 is 0 Å². The maximum Gasteiger partial charge on any atom is 0.143 e.